The molecule has 0 saturated carbocycles. The third-order valence-corrected chi connectivity index (χ3v) is 7.35. The number of aromatic nitrogens is 2. The van der Waals surface area contributed by atoms with Crippen molar-refractivity contribution in [2.45, 2.75) is 19.4 Å². The summed E-state index contributed by atoms with van der Waals surface area (Å²) in [7, 11) is -2.92. The van der Waals surface area contributed by atoms with Crippen molar-refractivity contribution in [2.24, 2.45) is 0 Å². The van der Waals surface area contributed by atoms with Crippen LogP contribution in [0.5, 0.6) is 0 Å². The molecule has 0 amide bonds. The Morgan fingerprint density at radius 3 is 2.71 bits per heavy atom. The molecule has 1 aliphatic heterocycles. The van der Waals surface area contributed by atoms with Crippen LogP contribution in [0.2, 0.25) is 0 Å². The van der Waals surface area contributed by atoms with Crippen molar-refractivity contribution in [1.82, 2.24) is 9.97 Å². The van der Waals surface area contributed by atoms with Crippen molar-refractivity contribution < 1.29 is 8.42 Å². The molecule has 0 unspecified atom stereocenters. The van der Waals surface area contributed by atoms with E-state index in [9.17, 15) is 8.42 Å². The second-order valence-corrected chi connectivity index (χ2v) is 9.30. The van der Waals surface area contributed by atoms with Gasteiger partial charge < -0.3 is 5.32 Å². The smallest absolute Gasteiger partial charge is 0.152 e. The summed E-state index contributed by atoms with van der Waals surface area (Å²) in [6, 6.07) is 10.1. The van der Waals surface area contributed by atoms with Crippen LogP contribution in [-0.4, -0.2) is 35.9 Å². The summed E-state index contributed by atoms with van der Waals surface area (Å²) in [6.45, 7) is 2.07. The number of aryl methyl sites for hydroxylation is 1. The van der Waals surface area contributed by atoms with Crippen LogP contribution in [-0.2, 0) is 9.84 Å². The van der Waals surface area contributed by atoms with Crippen LogP contribution in [0.1, 0.15) is 12.0 Å². The fraction of sp³-hybridized carbons (Fsp3) is 0.294. The SMILES string of the molecule is Cc1c(-c2ccccc2)sc2ncnc(N[C@@H]3CCS(=O)(=O)C3)c12. The number of rotatable bonds is 3. The number of hydrogen-bond donors (Lipinski definition) is 1. The highest BCUT2D eigenvalue weighted by molar-refractivity contribution is 7.91. The van der Waals surface area contributed by atoms with Crippen molar-refractivity contribution in [2.75, 3.05) is 16.8 Å². The number of nitrogens with one attached hydrogen (secondary N) is 1. The van der Waals surface area contributed by atoms with Gasteiger partial charge in [0.15, 0.2) is 9.84 Å². The monoisotopic (exact) mass is 359 g/mol. The van der Waals surface area contributed by atoms with E-state index in [0.717, 1.165) is 27.2 Å². The van der Waals surface area contributed by atoms with Gasteiger partial charge in [0.25, 0.3) is 0 Å². The molecule has 1 N–H and O–H groups in total. The predicted octanol–water partition coefficient (Wildman–Crippen LogP) is 3.27. The zero-order chi connectivity index (χ0) is 16.7. The lowest BCUT2D eigenvalue weighted by atomic mass is 10.1. The number of benzene rings is 1. The Labute approximate surface area is 144 Å². The van der Waals surface area contributed by atoms with Gasteiger partial charge in [-0.15, -0.1) is 11.3 Å². The Kier molecular flexibility index (Phi) is 3.77. The van der Waals surface area contributed by atoms with Gasteiger partial charge >= 0.3 is 0 Å². The van der Waals surface area contributed by atoms with Crippen LogP contribution in [0.3, 0.4) is 0 Å². The lowest BCUT2D eigenvalue weighted by Gasteiger charge is -2.12. The highest BCUT2D eigenvalue weighted by Gasteiger charge is 2.28. The lowest BCUT2D eigenvalue weighted by Crippen LogP contribution is -2.21. The number of fused-ring (bicyclic) bond motifs is 1. The molecule has 5 nitrogen and oxygen atoms in total. The van der Waals surface area contributed by atoms with Crippen molar-refractivity contribution >= 4 is 37.2 Å². The number of anilines is 1. The van der Waals surface area contributed by atoms with Crippen molar-refractivity contribution in [3.8, 4) is 10.4 Å². The number of sulfone groups is 1. The summed E-state index contributed by atoms with van der Waals surface area (Å²) in [5.74, 6) is 1.15. The van der Waals surface area contributed by atoms with E-state index >= 15 is 0 Å². The fourth-order valence-electron chi connectivity index (χ4n) is 3.15. The van der Waals surface area contributed by atoms with E-state index in [-0.39, 0.29) is 17.5 Å². The van der Waals surface area contributed by atoms with Crippen LogP contribution >= 0.6 is 11.3 Å². The third kappa shape index (κ3) is 2.78. The largest absolute Gasteiger partial charge is 0.366 e. The van der Waals surface area contributed by atoms with Gasteiger partial charge in [0, 0.05) is 10.9 Å². The molecule has 4 rings (SSSR count). The predicted molar refractivity (Wildman–Crippen MR) is 98.3 cm³/mol. The van der Waals surface area contributed by atoms with Gasteiger partial charge in [0.1, 0.15) is 17.0 Å². The normalized spacial score (nSPS) is 19.6. The second-order valence-electron chi connectivity index (χ2n) is 6.07. The molecule has 24 heavy (non-hydrogen) atoms. The molecule has 3 aromatic rings. The summed E-state index contributed by atoms with van der Waals surface area (Å²) in [5.41, 5.74) is 2.29. The van der Waals surface area contributed by atoms with E-state index in [2.05, 4.69) is 34.3 Å². The summed E-state index contributed by atoms with van der Waals surface area (Å²) >= 11 is 1.64. The van der Waals surface area contributed by atoms with Gasteiger partial charge in [0.2, 0.25) is 0 Å². The van der Waals surface area contributed by atoms with Gasteiger partial charge in [-0.2, -0.15) is 0 Å². The maximum atomic E-state index is 11.7. The van der Waals surface area contributed by atoms with E-state index < -0.39 is 9.84 Å². The number of nitrogens with zero attached hydrogens (tertiary/aromatic N) is 2. The molecular weight excluding hydrogens is 342 g/mol. The Morgan fingerprint density at radius 1 is 1.21 bits per heavy atom. The summed E-state index contributed by atoms with van der Waals surface area (Å²) in [4.78, 5) is 10.9. The van der Waals surface area contributed by atoms with E-state index in [4.69, 9.17) is 0 Å². The van der Waals surface area contributed by atoms with E-state index in [0.29, 0.717) is 6.42 Å². The zero-order valence-corrected chi connectivity index (χ0v) is 14.8. The van der Waals surface area contributed by atoms with Gasteiger partial charge in [-0.3, -0.25) is 0 Å². The highest BCUT2D eigenvalue weighted by Crippen LogP contribution is 2.39. The number of thiophene rings is 1. The fourth-order valence-corrected chi connectivity index (χ4v) is 5.98. The van der Waals surface area contributed by atoms with E-state index in [1.54, 1.807) is 17.7 Å². The first-order chi connectivity index (χ1) is 11.5. The Hall–Kier alpha value is -1.99. The maximum Gasteiger partial charge on any atom is 0.152 e. The average Bonchev–Trinajstić information content (AvgIpc) is 3.09. The Balaban J connectivity index is 1.76. The first kappa shape index (κ1) is 15.5. The van der Waals surface area contributed by atoms with Gasteiger partial charge in [0.05, 0.1) is 16.9 Å². The molecule has 0 spiro atoms. The Morgan fingerprint density at radius 2 is 2.00 bits per heavy atom. The van der Waals surface area contributed by atoms with Crippen LogP contribution in [0, 0.1) is 6.92 Å². The zero-order valence-electron chi connectivity index (χ0n) is 13.2. The van der Waals surface area contributed by atoms with Crippen molar-refractivity contribution in [1.29, 1.82) is 0 Å². The summed E-state index contributed by atoms with van der Waals surface area (Å²) in [5, 5.41) is 4.31. The topological polar surface area (TPSA) is 72.0 Å². The molecule has 124 valence electrons. The maximum absolute atomic E-state index is 11.7. The minimum atomic E-state index is -2.92. The lowest BCUT2D eigenvalue weighted by molar-refractivity contribution is 0.602. The Bertz CT molecular complexity index is 997. The number of hydrogen-bond acceptors (Lipinski definition) is 6. The molecule has 3 heterocycles. The average molecular weight is 359 g/mol. The van der Waals surface area contributed by atoms with Crippen molar-refractivity contribution in [3.05, 3.63) is 42.2 Å². The molecule has 1 atom stereocenters. The minimum Gasteiger partial charge on any atom is -0.366 e. The molecule has 1 aliphatic rings. The molecule has 1 saturated heterocycles. The standard InChI is InChI=1S/C17H17N3O2S2/c1-11-14-16(20-13-7-8-24(21,22)9-13)18-10-19-17(14)23-15(11)12-5-3-2-4-6-12/h2-6,10,13H,7-9H2,1H3,(H,18,19,20)/t13-/m1/s1. The molecule has 0 aliphatic carbocycles. The van der Waals surface area contributed by atoms with Gasteiger partial charge in [-0.05, 0) is 24.5 Å². The van der Waals surface area contributed by atoms with Crippen LogP contribution in [0.4, 0.5) is 5.82 Å². The van der Waals surface area contributed by atoms with Gasteiger partial charge in [-0.1, -0.05) is 30.3 Å². The summed E-state index contributed by atoms with van der Waals surface area (Å²) < 4.78 is 23.4. The van der Waals surface area contributed by atoms with E-state index in [1.807, 2.05) is 18.2 Å². The first-order valence-electron chi connectivity index (χ1n) is 7.80. The molecule has 1 fully saturated rings. The first-order valence-corrected chi connectivity index (χ1v) is 10.4. The molecule has 0 bridgehead atoms. The quantitative estimate of drug-likeness (QED) is 0.777. The van der Waals surface area contributed by atoms with Crippen molar-refractivity contribution in [3.63, 3.8) is 0 Å². The van der Waals surface area contributed by atoms with Crippen LogP contribution in [0.25, 0.3) is 20.7 Å². The molecule has 2 aromatic heterocycles. The minimum absolute atomic E-state index is 0.0763. The second kappa shape index (κ2) is 5.82. The van der Waals surface area contributed by atoms with Crippen LogP contribution in [0.15, 0.2) is 36.7 Å². The van der Waals surface area contributed by atoms with Crippen LogP contribution < -0.4 is 5.32 Å². The molecule has 7 heteroatoms. The molecular formula is C17H17N3O2S2. The van der Waals surface area contributed by atoms with E-state index in [1.165, 1.54) is 4.88 Å². The molecule has 0 radical (unpaired) electrons. The molecule has 1 aromatic carbocycles. The summed E-state index contributed by atoms with van der Waals surface area (Å²) in [6.07, 6.45) is 2.17. The van der Waals surface area contributed by atoms with Gasteiger partial charge in [-0.25, -0.2) is 18.4 Å². The third-order valence-electron chi connectivity index (χ3n) is 4.34. The highest BCUT2D eigenvalue weighted by atomic mass is 32.2.